The van der Waals surface area contributed by atoms with Gasteiger partial charge in [0.1, 0.15) is 11.5 Å². The molecule has 39 heavy (non-hydrogen) atoms. The van der Waals surface area contributed by atoms with E-state index in [0.29, 0.717) is 18.3 Å². The normalized spacial score (nSPS) is 10.8. The molecule has 0 radical (unpaired) electrons. The van der Waals surface area contributed by atoms with E-state index in [1.807, 2.05) is 62.4 Å². The Bertz CT molecular complexity index is 781. The van der Waals surface area contributed by atoms with E-state index >= 15 is 0 Å². The number of benzene rings is 2. The summed E-state index contributed by atoms with van der Waals surface area (Å²) >= 11 is 5.30. The third kappa shape index (κ3) is 15.2. The Labute approximate surface area is 245 Å². The van der Waals surface area contributed by atoms with E-state index in [1.54, 1.807) is 0 Å². The van der Waals surface area contributed by atoms with Crippen LogP contribution in [0.4, 0.5) is 11.4 Å². The number of unbranched alkanes of at least 4 members (excludes halogenated alkanes) is 4. The predicted octanol–water partition coefficient (Wildman–Crippen LogP) is 9.30. The van der Waals surface area contributed by atoms with Crippen LogP contribution in [0.3, 0.4) is 0 Å². The highest BCUT2D eigenvalue weighted by Crippen LogP contribution is 2.19. The molecule has 0 saturated heterocycles. The van der Waals surface area contributed by atoms with Crippen LogP contribution in [0.15, 0.2) is 48.5 Å². The van der Waals surface area contributed by atoms with Crippen LogP contribution in [0.5, 0.6) is 11.5 Å². The van der Waals surface area contributed by atoms with Gasteiger partial charge >= 0.3 is 0 Å². The van der Waals surface area contributed by atoms with Crippen molar-refractivity contribution in [3.8, 4) is 11.5 Å². The summed E-state index contributed by atoms with van der Waals surface area (Å²) in [6.45, 7) is 20.3. The zero-order valence-corrected chi connectivity index (χ0v) is 26.5. The molecule has 0 atom stereocenters. The van der Waals surface area contributed by atoms with Crippen molar-refractivity contribution in [2.75, 3.05) is 50.0 Å². The molecular weight excluding hydrogens is 502 g/mol. The monoisotopic (exact) mass is 558 g/mol. The Hall–Kier alpha value is -2.31. The van der Waals surface area contributed by atoms with Crippen molar-refractivity contribution in [1.29, 1.82) is 0 Å². The van der Waals surface area contributed by atoms with Gasteiger partial charge in [0, 0.05) is 11.4 Å². The molecule has 2 aromatic carbocycles. The van der Waals surface area contributed by atoms with E-state index in [1.165, 1.54) is 82.0 Å². The number of anilines is 2. The summed E-state index contributed by atoms with van der Waals surface area (Å²) in [7, 11) is 0. The molecular formula is C33H56N3O2S+. The standard InChI is InChI=1S/C17H20N2O2S.C16H36N/c1-3-20-15-9-5-13(6-10-15)18-17(22)19-14-7-11-16(12-8-14)21-4-2;1-5-9-13-17(14-10-6-2,15-11-7-3)16-12-8-4/h5-12H,3-4H2,1-2H3,(H2,18,19,22);5-16H2,1-4H3/q;+1. The summed E-state index contributed by atoms with van der Waals surface area (Å²) < 4.78 is 12.2. The van der Waals surface area contributed by atoms with E-state index in [2.05, 4.69) is 38.3 Å². The molecule has 2 N–H and O–H groups in total. The van der Waals surface area contributed by atoms with Crippen LogP contribution in [0, 0.1) is 0 Å². The van der Waals surface area contributed by atoms with Crippen LogP contribution in [-0.2, 0) is 0 Å². The smallest absolute Gasteiger partial charge is 0.175 e. The lowest BCUT2D eigenvalue weighted by Crippen LogP contribution is -2.50. The molecule has 0 aliphatic heterocycles. The molecule has 0 heterocycles. The average molecular weight is 559 g/mol. The molecule has 0 fully saturated rings. The largest absolute Gasteiger partial charge is 0.494 e. The van der Waals surface area contributed by atoms with Crippen LogP contribution in [0.2, 0.25) is 0 Å². The van der Waals surface area contributed by atoms with Crippen LogP contribution >= 0.6 is 12.2 Å². The number of rotatable bonds is 18. The van der Waals surface area contributed by atoms with Gasteiger partial charge in [-0.1, -0.05) is 53.4 Å². The summed E-state index contributed by atoms with van der Waals surface area (Å²) in [6, 6.07) is 15.3. The summed E-state index contributed by atoms with van der Waals surface area (Å²) in [5.74, 6) is 1.69. The Morgan fingerprint density at radius 3 is 1.13 bits per heavy atom. The molecule has 6 heteroatoms. The van der Waals surface area contributed by atoms with Gasteiger partial charge in [0.25, 0.3) is 0 Å². The van der Waals surface area contributed by atoms with Gasteiger partial charge < -0.3 is 24.6 Å². The van der Waals surface area contributed by atoms with Crippen molar-refractivity contribution < 1.29 is 14.0 Å². The fraction of sp³-hybridized carbons (Fsp3) is 0.606. The lowest BCUT2D eigenvalue weighted by molar-refractivity contribution is -0.929. The fourth-order valence-electron chi connectivity index (χ4n) is 4.54. The lowest BCUT2D eigenvalue weighted by Gasteiger charge is -2.39. The van der Waals surface area contributed by atoms with Gasteiger partial charge in [0.05, 0.1) is 39.4 Å². The molecule has 0 saturated carbocycles. The predicted molar refractivity (Wildman–Crippen MR) is 174 cm³/mol. The van der Waals surface area contributed by atoms with Gasteiger partial charge in [-0.05, 0) is 100 Å². The molecule has 0 amide bonds. The number of quaternary nitrogens is 1. The number of hydrogen-bond acceptors (Lipinski definition) is 3. The second-order valence-electron chi connectivity index (χ2n) is 10.1. The van der Waals surface area contributed by atoms with Gasteiger partial charge in [-0.25, -0.2) is 0 Å². The Balaban J connectivity index is 0.000000406. The van der Waals surface area contributed by atoms with Crippen molar-refractivity contribution in [2.45, 2.75) is 92.9 Å². The zero-order valence-electron chi connectivity index (χ0n) is 25.7. The maximum absolute atomic E-state index is 5.40. The molecule has 0 unspecified atom stereocenters. The van der Waals surface area contributed by atoms with Crippen molar-refractivity contribution >= 4 is 28.7 Å². The van der Waals surface area contributed by atoms with E-state index < -0.39 is 0 Å². The lowest BCUT2D eigenvalue weighted by atomic mass is 10.1. The number of hydrogen-bond donors (Lipinski definition) is 2. The molecule has 2 aromatic rings. The number of nitrogens with one attached hydrogen (secondary N) is 2. The van der Waals surface area contributed by atoms with Crippen LogP contribution < -0.4 is 20.1 Å². The first-order chi connectivity index (χ1) is 18.9. The van der Waals surface area contributed by atoms with E-state index in [-0.39, 0.29) is 0 Å². The van der Waals surface area contributed by atoms with E-state index in [4.69, 9.17) is 21.7 Å². The minimum atomic E-state index is 0.535. The minimum absolute atomic E-state index is 0.535. The van der Waals surface area contributed by atoms with Gasteiger partial charge in [-0.15, -0.1) is 0 Å². The highest BCUT2D eigenvalue weighted by atomic mass is 32.1. The fourth-order valence-corrected chi connectivity index (χ4v) is 4.78. The minimum Gasteiger partial charge on any atom is -0.494 e. The van der Waals surface area contributed by atoms with Gasteiger partial charge in [-0.3, -0.25) is 0 Å². The van der Waals surface area contributed by atoms with E-state index in [9.17, 15) is 0 Å². The first-order valence-corrected chi connectivity index (χ1v) is 15.7. The summed E-state index contributed by atoms with van der Waals surface area (Å²) in [5.41, 5.74) is 1.82. The van der Waals surface area contributed by atoms with Crippen molar-refractivity contribution in [3.05, 3.63) is 48.5 Å². The Morgan fingerprint density at radius 1 is 0.564 bits per heavy atom. The van der Waals surface area contributed by atoms with Crippen molar-refractivity contribution in [3.63, 3.8) is 0 Å². The topological polar surface area (TPSA) is 42.5 Å². The summed E-state index contributed by atoms with van der Waals surface area (Å²) in [6.07, 6.45) is 11.1. The maximum atomic E-state index is 5.40. The second-order valence-corrected chi connectivity index (χ2v) is 10.6. The second kappa shape index (κ2) is 21.5. The van der Waals surface area contributed by atoms with E-state index in [0.717, 1.165) is 22.9 Å². The van der Waals surface area contributed by atoms with Crippen LogP contribution in [0.25, 0.3) is 0 Å². The third-order valence-electron chi connectivity index (χ3n) is 6.79. The number of ether oxygens (including phenoxy) is 2. The average Bonchev–Trinajstić information content (AvgIpc) is 2.95. The van der Waals surface area contributed by atoms with Crippen molar-refractivity contribution in [1.82, 2.24) is 0 Å². The van der Waals surface area contributed by atoms with Gasteiger partial charge in [-0.2, -0.15) is 0 Å². The first-order valence-electron chi connectivity index (χ1n) is 15.3. The quantitative estimate of drug-likeness (QED) is 0.141. The summed E-state index contributed by atoms with van der Waals surface area (Å²) in [4.78, 5) is 0. The molecule has 0 aliphatic carbocycles. The van der Waals surface area contributed by atoms with Crippen LogP contribution in [-0.4, -0.2) is 49.0 Å². The molecule has 0 spiro atoms. The highest BCUT2D eigenvalue weighted by Gasteiger charge is 2.24. The SMILES string of the molecule is CCCC[N+](CCCC)(CCCC)CCCC.CCOc1ccc(NC(=S)Nc2ccc(OCC)cc2)cc1. The molecule has 220 valence electrons. The van der Waals surface area contributed by atoms with Gasteiger partial charge in [0.2, 0.25) is 0 Å². The Kier molecular flexibility index (Phi) is 19.1. The first kappa shape index (κ1) is 34.7. The number of nitrogens with zero attached hydrogens (tertiary/aromatic N) is 1. The highest BCUT2D eigenvalue weighted by molar-refractivity contribution is 7.80. The molecule has 0 aliphatic rings. The molecule has 0 bridgehead atoms. The van der Waals surface area contributed by atoms with Gasteiger partial charge in [0.15, 0.2) is 5.11 Å². The summed E-state index contributed by atoms with van der Waals surface area (Å²) in [5, 5.41) is 6.80. The Morgan fingerprint density at radius 2 is 0.872 bits per heavy atom. The molecule has 5 nitrogen and oxygen atoms in total. The maximum Gasteiger partial charge on any atom is 0.175 e. The third-order valence-corrected chi connectivity index (χ3v) is 6.99. The molecule has 0 aromatic heterocycles. The van der Waals surface area contributed by atoms with Crippen molar-refractivity contribution in [2.24, 2.45) is 0 Å². The molecule has 2 rings (SSSR count). The van der Waals surface area contributed by atoms with Crippen LogP contribution in [0.1, 0.15) is 92.9 Å². The zero-order chi connectivity index (χ0) is 28.8. The number of thiocarbonyl (C=S) groups is 1.